The Morgan fingerprint density at radius 1 is 1.53 bits per heavy atom. The fourth-order valence-electron chi connectivity index (χ4n) is 1.34. The Bertz CT molecular complexity index is 330. The van der Waals surface area contributed by atoms with E-state index in [4.69, 9.17) is 4.74 Å². The molecule has 0 unspecified atom stereocenters. The van der Waals surface area contributed by atoms with E-state index in [1.54, 1.807) is 6.08 Å². The third kappa shape index (κ3) is 4.40. The first kappa shape index (κ1) is 13.4. The highest BCUT2D eigenvalue weighted by Gasteiger charge is 2.17. The van der Waals surface area contributed by atoms with Gasteiger partial charge in [-0.3, -0.25) is 9.59 Å². The Balaban J connectivity index is 2.18. The van der Waals surface area contributed by atoms with Gasteiger partial charge in [0.05, 0.1) is 6.10 Å². The zero-order valence-corrected chi connectivity index (χ0v) is 10.2. The molecule has 0 fully saturated rings. The van der Waals surface area contributed by atoms with E-state index in [1.807, 2.05) is 13.8 Å². The van der Waals surface area contributed by atoms with Crippen LogP contribution in [0.25, 0.3) is 0 Å². The van der Waals surface area contributed by atoms with Crippen molar-refractivity contribution in [1.82, 2.24) is 10.2 Å². The molecule has 0 bridgehead atoms. The molecule has 5 nitrogen and oxygen atoms in total. The first-order valence-corrected chi connectivity index (χ1v) is 5.57. The molecule has 0 atom stereocenters. The van der Waals surface area contributed by atoms with Gasteiger partial charge in [0, 0.05) is 24.9 Å². The van der Waals surface area contributed by atoms with E-state index in [0.717, 1.165) is 0 Å². The number of amides is 2. The van der Waals surface area contributed by atoms with E-state index in [-0.39, 0.29) is 24.5 Å². The first-order valence-electron chi connectivity index (χ1n) is 5.57. The van der Waals surface area contributed by atoms with Gasteiger partial charge in [-0.05, 0) is 19.9 Å². The molecular formula is C12H18N2O3. The predicted octanol–water partition coefficient (Wildman–Crippen LogP) is 0.440. The van der Waals surface area contributed by atoms with Crippen LogP contribution in [0.5, 0.6) is 0 Å². The van der Waals surface area contributed by atoms with E-state index < -0.39 is 0 Å². The molecule has 1 N–H and O–H groups in total. The van der Waals surface area contributed by atoms with E-state index in [1.165, 1.54) is 11.0 Å². The van der Waals surface area contributed by atoms with Gasteiger partial charge >= 0.3 is 0 Å². The first-order chi connectivity index (χ1) is 8.00. The average molecular weight is 238 g/mol. The largest absolute Gasteiger partial charge is 0.369 e. The van der Waals surface area contributed by atoms with Crippen LogP contribution in [0.15, 0.2) is 24.4 Å². The Labute approximate surface area is 101 Å². The van der Waals surface area contributed by atoms with E-state index in [9.17, 15) is 9.59 Å². The van der Waals surface area contributed by atoms with Crippen LogP contribution < -0.4 is 5.32 Å². The van der Waals surface area contributed by atoms with Crippen molar-refractivity contribution in [3.63, 3.8) is 0 Å². The van der Waals surface area contributed by atoms with Gasteiger partial charge in [0.2, 0.25) is 5.91 Å². The van der Waals surface area contributed by atoms with E-state index in [2.05, 4.69) is 11.9 Å². The summed E-state index contributed by atoms with van der Waals surface area (Å²) in [5.41, 5.74) is 0.655. The fourth-order valence-corrected chi connectivity index (χ4v) is 1.34. The van der Waals surface area contributed by atoms with E-state index >= 15 is 0 Å². The Hall–Kier alpha value is -1.62. The number of hydrogen-bond acceptors (Lipinski definition) is 3. The molecule has 0 aliphatic carbocycles. The molecule has 0 aromatic carbocycles. The summed E-state index contributed by atoms with van der Waals surface area (Å²) in [5.74, 6) is -0.272. The molecule has 94 valence electrons. The molecule has 2 amide bonds. The molecule has 1 heterocycles. The molecule has 0 radical (unpaired) electrons. The van der Waals surface area contributed by atoms with Crippen LogP contribution in [0, 0.1) is 0 Å². The van der Waals surface area contributed by atoms with Crippen LogP contribution >= 0.6 is 0 Å². The van der Waals surface area contributed by atoms with Crippen molar-refractivity contribution < 1.29 is 14.3 Å². The maximum absolute atomic E-state index is 11.3. The molecule has 0 aromatic heterocycles. The van der Waals surface area contributed by atoms with Crippen LogP contribution in [0.2, 0.25) is 0 Å². The second-order valence-electron chi connectivity index (χ2n) is 4.02. The Morgan fingerprint density at radius 3 is 2.76 bits per heavy atom. The van der Waals surface area contributed by atoms with Crippen LogP contribution in [0.1, 0.15) is 13.8 Å². The summed E-state index contributed by atoms with van der Waals surface area (Å²) < 4.78 is 5.15. The molecule has 1 aliphatic rings. The number of nitrogens with one attached hydrogen (secondary N) is 1. The molecule has 1 aliphatic heterocycles. The van der Waals surface area contributed by atoms with Gasteiger partial charge in [0.25, 0.3) is 5.91 Å². The minimum atomic E-state index is -0.177. The summed E-state index contributed by atoms with van der Waals surface area (Å²) in [7, 11) is 0. The van der Waals surface area contributed by atoms with Gasteiger partial charge in [0.15, 0.2) is 0 Å². The van der Waals surface area contributed by atoms with Gasteiger partial charge in [-0.2, -0.15) is 0 Å². The van der Waals surface area contributed by atoms with Gasteiger partial charge in [-0.15, -0.1) is 0 Å². The second kappa shape index (κ2) is 6.20. The van der Waals surface area contributed by atoms with Crippen molar-refractivity contribution in [1.29, 1.82) is 0 Å². The molecule has 17 heavy (non-hydrogen) atoms. The summed E-state index contributed by atoms with van der Waals surface area (Å²) in [5, 5.41) is 2.68. The molecular weight excluding hydrogens is 220 g/mol. The van der Waals surface area contributed by atoms with Crippen molar-refractivity contribution in [2.45, 2.75) is 20.0 Å². The minimum absolute atomic E-state index is 0.0323. The number of ether oxygens (including phenoxy) is 1. The number of carbonyl (C=O) groups is 2. The number of rotatable bonds is 6. The normalized spacial score (nSPS) is 14.9. The SMILES string of the molecule is C=C1C=CC(=O)N1CCNC(=O)COC(C)C. The van der Waals surface area contributed by atoms with Gasteiger partial charge in [-0.1, -0.05) is 6.58 Å². The lowest BCUT2D eigenvalue weighted by Crippen LogP contribution is -2.36. The number of hydrogen-bond donors (Lipinski definition) is 1. The summed E-state index contributed by atoms with van der Waals surface area (Å²) in [4.78, 5) is 24.1. The summed E-state index contributed by atoms with van der Waals surface area (Å²) in [6, 6.07) is 0. The lowest BCUT2D eigenvalue weighted by molar-refractivity contribution is -0.128. The highest BCUT2D eigenvalue weighted by Crippen LogP contribution is 2.11. The standard InChI is InChI=1S/C12H18N2O3/c1-9(2)17-8-11(15)13-6-7-14-10(3)4-5-12(14)16/h4-5,9H,3,6-8H2,1-2H3,(H,13,15). The maximum atomic E-state index is 11.3. The van der Waals surface area contributed by atoms with Crippen molar-refractivity contribution >= 4 is 11.8 Å². The molecule has 0 spiro atoms. The zero-order valence-electron chi connectivity index (χ0n) is 10.2. The molecule has 0 aromatic rings. The second-order valence-corrected chi connectivity index (χ2v) is 4.02. The Morgan fingerprint density at radius 2 is 2.24 bits per heavy atom. The maximum Gasteiger partial charge on any atom is 0.251 e. The number of carbonyl (C=O) groups excluding carboxylic acids is 2. The average Bonchev–Trinajstić information content (AvgIpc) is 2.57. The van der Waals surface area contributed by atoms with Crippen molar-refractivity contribution in [3.8, 4) is 0 Å². The zero-order chi connectivity index (χ0) is 12.8. The predicted molar refractivity (Wildman–Crippen MR) is 64.1 cm³/mol. The van der Waals surface area contributed by atoms with Crippen LogP contribution in [0.3, 0.4) is 0 Å². The Kier molecular flexibility index (Phi) is 4.90. The van der Waals surface area contributed by atoms with Crippen LogP contribution in [-0.2, 0) is 14.3 Å². The molecule has 0 saturated carbocycles. The van der Waals surface area contributed by atoms with Crippen molar-refractivity contribution in [3.05, 3.63) is 24.4 Å². The monoisotopic (exact) mass is 238 g/mol. The number of allylic oxidation sites excluding steroid dienone is 1. The third-order valence-electron chi connectivity index (χ3n) is 2.24. The van der Waals surface area contributed by atoms with Crippen molar-refractivity contribution in [2.24, 2.45) is 0 Å². The number of nitrogens with zero attached hydrogens (tertiary/aromatic N) is 1. The lowest BCUT2D eigenvalue weighted by atomic mass is 10.4. The smallest absolute Gasteiger partial charge is 0.251 e. The minimum Gasteiger partial charge on any atom is -0.369 e. The van der Waals surface area contributed by atoms with Gasteiger partial charge in [0.1, 0.15) is 6.61 Å². The van der Waals surface area contributed by atoms with E-state index in [0.29, 0.717) is 18.8 Å². The van der Waals surface area contributed by atoms with Crippen LogP contribution in [-0.4, -0.2) is 42.5 Å². The lowest BCUT2D eigenvalue weighted by Gasteiger charge is -2.17. The third-order valence-corrected chi connectivity index (χ3v) is 2.24. The summed E-state index contributed by atoms with van der Waals surface area (Å²) >= 11 is 0. The highest BCUT2D eigenvalue weighted by atomic mass is 16.5. The molecule has 1 rings (SSSR count). The quantitative estimate of drug-likeness (QED) is 0.730. The fraction of sp³-hybridized carbons (Fsp3) is 0.500. The highest BCUT2D eigenvalue weighted by molar-refractivity contribution is 5.93. The molecule has 5 heteroatoms. The topological polar surface area (TPSA) is 58.6 Å². The van der Waals surface area contributed by atoms with Crippen molar-refractivity contribution in [2.75, 3.05) is 19.7 Å². The summed E-state index contributed by atoms with van der Waals surface area (Å²) in [6.07, 6.45) is 3.16. The summed E-state index contributed by atoms with van der Waals surface area (Å²) in [6.45, 7) is 8.33. The molecule has 0 saturated heterocycles. The van der Waals surface area contributed by atoms with Crippen LogP contribution in [0.4, 0.5) is 0 Å². The van der Waals surface area contributed by atoms with Gasteiger partial charge < -0.3 is 15.0 Å². The van der Waals surface area contributed by atoms with Gasteiger partial charge in [-0.25, -0.2) is 0 Å².